The van der Waals surface area contributed by atoms with Crippen molar-refractivity contribution in [2.24, 2.45) is 0 Å². The van der Waals surface area contributed by atoms with E-state index in [-0.39, 0.29) is 0 Å². The molecule has 0 spiro atoms. The summed E-state index contributed by atoms with van der Waals surface area (Å²) in [6.45, 7) is 1.87. The lowest BCUT2D eigenvalue weighted by Crippen LogP contribution is -1.86. The van der Waals surface area contributed by atoms with Crippen molar-refractivity contribution in [3.8, 4) is 0 Å². The van der Waals surface area contributed by atoms with Crippen LogP contribution in [-0.2, 0) is 0 Å². The van der Waals surface area contributed by atoms with Gasteiger partial charge in [-0.15, -0.1) is 11.3 Å². The molecule has 0 N–H and O–H groups in total. The van der Waals surface area contributed by atoms with Crippen molar-refractivity contribution in [2.75, 3.05) is 0 Å². The molecule has 0 aliphatic carbocycles. The van der Waals surface area contributed by atoms with E-state index in [4.69, 9.17) is 11.6 Å². The van der Waals surface area contributed by atoms with Crippen molar-refractivity contribution < 1.29 is 0 Å². The first-order valence-corrected chi connectivity index (χ1v) is 4.26. The number of aryl methyl sites for hydroxylation is 1. The second-order valence-corrected chi connectivity index (χ2v) is 3.26. The molecule has 11 heavy (non-hydrogen) atoms. The predicted molar refractivity (Wildman–Crippen MR) is 45.0 cm³/mol. The lowest BCUT2D eigenvalue weighted by atomic mass is 10.4. The van der Waals surface area contributed by atoms with Gasteiger partial charge in [-0.1, -0.05) is 0 Å². The molecule has 0 aromatic carbocycles. The van der Waals surface area contributed by atoms with E-state index in [1.54, 1.807) is 5.51 Å². The summed E-state index contributed by atoms with van der Waals surface area (Å²) >= 11 is 7.11. The Morgan fingerprint density at radius 3 is 3.09 bits per heavy atom. The normalized spacial score (nSPS) is 10.7. The fourth-order valence-corrected chi connectivity index (χ4v) is 1.84. The zero-order chi connectivity index (χ0) is 7.84. The van der Waals surface area contributed by atoms with Crippen molar-refractivity contribution in [1.82, 2.24) is 15.0 Å². The Kier molecular flexibility index (Phi) is 1.51. The molecule has 0 aliphatic heterocycles. The van der Waals surface area contributed by atoms with Crippen molar-refractivity contribution in [3.05, 3.63) is 16.5 Å². The second kappa shape index (κ2) is 2.39. The van der Waals surface area contributed by atoms with Crippen LogP contribution in [0.2, 0.25) is 5.28 Å². The van der Waals surface area contributed by atoms with Crippen LogP contribution in [0, 0.1) is 6.92 Å². The van der Waals surface area contributed by atoms with Crippen LogP contribution >= 0.6 is 22.9 Å². The quantitative estimate of drug-likeness (QED) is 0.590. The molecule has 0 saturated carbocycles. The van der Waals surface area contributed by atoms with Crippen molar-refractivity contribution >= 4 is 33.3 Å². The molecule has 0 fully saturated rings. The maximum absolute atomic E-state index is 5.64. The van der Waals surface area contributed by atoms with Crippen molar-refractivity contribution in [3.63, 3.8) is 0 Å². The Hall–Kier alpha value is -0.740. The zero-order valence-electron chi connectivity index (χ0n) is 5.71. The molecule has 2 aromatic rings. The second-order valence-electron chi connectivity index (χ2n) is 2.08. The SMILES string of the molecule is Cc1nc(Cl)nc2scnc12. The third kappa shape index (κ3) is 1.08. The van der Waals surface area contributed by atoms with Gasteiger partial charge in [-0.05, 0) is 18.5 Å². The standard InChI is InChI=1S/C6H4ClN3S/c1-3-4-5(11-2-8-4)10-6(7)9-3/h2H,1H3. The summed E-state index contributed by atoms with van der Waals surface area (Å²) in [7, 11) is 0. The van der Waals surface area contributed by atoms with Gasteiger partial charge >= 0.3 is 0 Å². The molecule has 2 heterocycles. The monoisotopic (exact) mass is 185 g/mol. The zero-order valence-corrected chi connectivity index (χ0v) is 7.28. The fraction of sp³-hybridized carbons (Fsp3) is 0.167. The molecular formula is C6H4ClN3S. The molecule has 2 rings (SSSR count). The van der Waals surface area contributed by atoms with E-state index in [9.17, 15) is 0 Å². The summed E-state index contributed by atoms with van der Waals surface area (Å²) in [5.74, 6) is 0. The first kappa shape index (κ1) is 6.94. The number of rotatable bonds is 0. The lowest BCUT2D eigenvalue weighted by Gasteiger charge is -1.92. The Morgan fingerprint density at radius 1 is 1.45 bits per heavy atom. The Labute approximate surface area is 72.1 Å². The van der Waals surface area contributed by atoms with Crippen LogP contribution in [0.25, 0.3) is 10.3 Å². The number of nitrogens with zero attached hydrogens (tertiary/aromatic N) is 3. The first-order valence-electron chi connectivity index (χ1n) is 3.01. The number of halogens is 1. The topological polar surface area (TPSA) is 38.7 Å². The molecule has 0 unspecified atom stereocenters. The van der Waals surface area contributed by atoms with Gasteiger partial charge in [-0.25, -0.2) is 15.0 Å². The van der Waals surface area contributed by atoms with E-state index >= 15 is 0 Å². The number of fused-ring (bicyclic) bond motifs is 1. The van der Waals surface area contributed by atoms with Crippen LogP contribution in [0.15, 0.2) is 5.51 Å². The molecule has 2 aromatic heterocycles. The highest BCUT2D eigenvalue weighted by atomic mass is 35.5. The van der Waals surface area contributed by atoms with Crippen LogP contribution in [0.1, 0.15) is 5.69 Å². The maximum atomic E-state index is 5.64. The summed E-state index contributed by atoms with van der Waals surface area (Å²) in [6, 6.07) is 0. The maximum Gasteiger partial charge on any atom is 0.224 e. The van der Waals surface area contributed by atoms with Gasteiger partial charge in [0, 0.05) is 0 Å². The van der Waals surface area contributed by atoms with E-state index in [0.717, 1.165) is 16.0 Å². The number of aromatic nitrogens is 3. The number of hydrogen-bond acceptors (Lipinski definition) is 4. The van der Waals surface area contributed by atoms with Crippen molar-refractivity contribution in [2.45, 2.75) is 6.92 Å². The Bertz CT molecular complexity index is 398. The minimum absolute atomic E-state index is 0.291. The van der Waals surface area contributed by atoms with E-state index in [0.29, 0.717) is 5.28 Å². The predicted octanol–water partition coefficient (Wildman–Crippen LogP) is 2.05. The lowest BCUT2D eigenvalue weighted by molar-refractivity contribution is 1.14. The van der Waals surface area contributed by atoms with Gasteiger partial charge in [0.25, 0.3) is 0 Å². The van der Waals surface area contributed by atoms with E-state index in [2.05, 4.69) is 15.0 Å². The minimum atomic E-state index is 0.291. The van der Waals surface area contributed by atoms with Gasteiger partial charge in [0.15, 0.2) is 0 Å². The minimum Gasteiger partial charge on any atom is -0.241 e. The highest BCUT2D eigenvalue weighted by Crippen LogP contribution is 2.18. The average molecular weight is 186 g/mol. The smallest absolute Gasteiger partial charge is 0.224 e. The van der Waals surface area contributed by atoms with Gasteiger partial charge in [-0.3, -0.25) is 0 Å². The van der Waals surface area contributed by atoms with Crippen LogP contribution in [0.5, 0.6) is 0 Å². The molecule has 0 bridgehead atoms. The van der Waals surface area contributed by atoms with Gasteiger partial charge in [0.05, 0.1) is 11.2 Å². The van der Waals surface area contributed by atoms with E-state index in [1.165, 1.54) is 11.3 Å². The molecular weight excluding hydrogens is 182 g/mol. The molecule has 56 valence electrons. The Balaban J connectivity index is 2.91. The molecule has 3 nitrogen and oxygen atoms in total. The average Bonchev–Trinajstić information content (AvgIpc) is 2.34. The van der Waals surface area contributed by atoms with Gasteiger partial charge in [0.2, 0.25) is 5.28 Å². The largest absolute Gasteiger partial charge is 0.241 e. The van der Waals surface area contributed by atoms with Crippen LogP contribution in [-0.4, -0.2) is 15.0 Å². The van der Waals surface area contributed by atoms with Crippen LogP contribution in [0.4, 0.5) is 0 Å². The summed E-state index contributed by atoms with van der Waals surface area (Å²) < 4.78 is 0. The van der Waals surface area contributed by atoms with E-state index < -0.39 is 0 Å². The number of hydrogen-bond donors (Lipinski definition) is 0. The highest BCUT2D eigenvalue weighted by molar-refractivity contribution is 7.16. The number of thiazole rings is 1. The van der Waals surface area contributed by atoms with Crippen LogP contribution < -0.4 is 0 Å². The first-order chi connectivity index (χ1) is 5.27. The molecule has 0 saturated heterocycles. The summed E-state index contributed by atoms with van der Waals surface area (Å²) in [5, 5.41) is 0.291. The van der Waals surface area contributed by atoms with Gasteiger partial charge < -0.3 is 0 Å². The summed E-state index contributed by atoms with van der Waals surface area (Å²) in [4.78, 5) is 12.9. The Morgan fingerprint density at radius 2 is 2.27 bits per heavy atom. The third-order valence-corrected chi connectivity index (χ3v) is 2.23. The fourth-order valence-electron chi connectivity index (χ4n) is 0.868. The summed E-state index contributed by atoms with van der Waals surface area (Å²) in [6.07, 6.45) is 0. The molecule has 5 heteroatoms. The van der Waals surface area contributed by atoms with Gasteiger partial charge in [0.1, 0.15) is 10.3 Å². The third-order valence-electron chi connectivity index (χ3n) is 1.35. The van der Waals surface area contributed by atoms with Crippen molar-refractivity contribution in [1.29, 1.82) is 0 Å². The molecule has 0 aliphatic rings. The summed E-state index contributed by atoms with van der Waals surface area (Å²) in [5.41, 5.74) is 3.42. The molecule has 0 atom stereocenters. The van der Waals surface area contributed by atoms with E-state index in [1.807, 2.05) is 6.92 Å². The van der Waals surface area contributed by atoms with Gasteiger partial charge in [-0.2, -0.15) is 0 Å². The molecule has 0 radical (unpaired) electrons. The molecule has 0 amide bonds. The highest BCUT2D eigenvalue weighted by Gasteiger charge is 2.03. The van der Waals surface area contributed by atoms with Crippen LogP contribution in [0.3, 0.4) is 0 Å².